The lowest BCUT2D eigenvalue weighted by molar-refractivity contribution is -0.121. The number of rotatable bonds is 1. The SMILES string of the molecule is CC(=O)C1Cc2ccccc2CC1N.Cl. The van der Waals surface area contributed by atoms with Gasteiger partial charge in [0.15, 0.2) is 0 Å². The van der Waals surface area contributed by atoms with Gasteiger partial charge in [0.2, 0.25) is 0 Å². The molecular weight excluding hydrogens is 210 g/mol. The number of halogens is 1. The van der Waals surface area contributed by atoms with Crippen molar-refractivity contribution in [3.05, 3.63) is 35.4 Å². The van der Waals surface area contributed by atoms with Gasteiger partial charge in [-0.1, -0.05) is 24.3 Å². The molecular formula is C12H16ClNO. The molecule has 0 bridgehead atoms. The molecule has 0 aromatic heterocycles. The molecule has 15 heavy (non-hydrogen) atoms. The number of benzene rings is 1. The van der Waals surface area contributed by atoms with Crippen molar-refractivity contribution in [2.45, 2.75) is 25.8 Å². The van der Waals surface area contributed by atoms with Crippen LogP contribution in [0.2, 0.25) is 0 Å². The summed E-state index contributed by atoms with van der Waals surface area (Å²) in [6.07, 6.45) is 1.65. The molecule has 1 aliphatic rings. The molecule has 1 aromatic carbocycles. The van der Waals surface area contributed by atoms with Crippen molar-refractivity contribution in [1.82, 2.24) is 0 Å². The number of Topliss-reactive ketones (excluding diaryl/α,β-unsaturated/α-hetero) is 1. The molecule has 2 unspecified atom stereocenters. The Bertz CT molecular complexity index is 364. The lowest BCUT2D eigenvalue weighted by Crippen LogP contribution is -2.41. The van der Waals surface area contributed by atoms with Gasteiger partial charge in [-0.2, -0.15) is 0 Å². The van der Waals surface area contributed by atoms with Crippen LogP contribution in [0.25, 0.3) is 0 Å². The molecule has 1 aromatic rings. The van der Waals surface area contributed by atoms with Crippen LogP contribution in [-0.2, 0) is 17.6 Å². The van der Waals surface area contributed by atoms with Gasteiger partial charge in [-0.25, -0.2) is 0 Å². The number of hydrogen-bond acceptors (Lipinski definition) is 2. The predicted octanol–water partition coefficient (Wildman–Crippen LogP) is 1.74. The minimum atomic E-state index is 0. The Morgan fingerprint density at radius 3 is 2.33 bits per heavy atom. The highest BCUT2D eigenvalue weighted by atomic mass is 35.5. The van der Waals surface area contributed by atoms with Crippen molar-refractivity contribution in [3.8, 4) is 0 Å². The maximum Gasteiger partial charge on any atom is 0.134 e. The van der Waals surface area contributed by atoms with Crippen LogP contribution in [0.4, 0.5) is 0 Å². The fraction of sp³-hybridized carbons (Fsp3) is 0.417. The van der Waals surface area contributed by atoms with Crippen LogP contribution in [-0.4, -0.2) is 11.8 Å². The van der Waals surface area contributed by atoms with Gasteiger partial charge in [0.25, 0.3) is 0 Å². The van der Waals surface area contributed by atoms with Crippen LogP contribution in [0.5, 0.6) is 0 Å². The molecule has 0 saturated carbocycles. The first-order valence-corrected chi connectivity index (χ1v) is 5.01. The molecule has 0 heterocycles. The zero-order valence-corrected chi connectivity index (χ0v) is 9.59. The zero-order chi connectivity index (χ0) is 10.1. The summed E-state index contributed by atoms with van der Waals surface area (Å²) in [5.41, 5.74) is 8.56. The van der Waals surface area contributed by atoms with Gasteiger partial charge in [0, 0.05) is 12.0 Å². The largest absolute Gasteiger partial charge is 0.327 e. The van der Waals surface area contributed by atoms with E-state index in [2.05, 4.69) is 12.1 Å². The number of hydrogen-bond donors (Lipinski definition) is 1. The zero-order valence-electron chi connectivity index (χ0n) is 8.77. The second-order valence-corrected chi connectivity index (χ2v) is 4.06. The van der Waals surface area contributed by atoms with E-state index in [-0.39, 0.29) is 30.2 Å². The summed E-state index contributed by atoms with van der Waals surface area (Å²) in [6.45, 7) is 1.64. The molecule has 82 valence electrons. The highest BCUT2D eigenvalue weighted by Gasteiger charge is 2.28. The normalized spacial score (nSPS) is 23.9. The summed E-state index contributed by atoms with van der Waals surface area (Å²) < 4.78 is 0. The third-order valence-electron chi connectivity index (χ3n) is 3.05. The second-order valence-electron chi connectivity index (χ2n) is 4.06. The van der Waals surface area contributed by atoms with Crippen LogP contribution in [0, 0.1) is 5.92 Å². The van der Waals surface area contributed by atoms with Crippen molar-refractivity contribution < 1.29 is 4.79 Å². The fourth-order valence-electron chi connectivity index (χ4n) is 2.19. The van der Waals surface area contributed by atoms with Crippen molar-refractivity contribution in [2.24, 2.45) is 11.7 Å². The lowest BCUT2D eigenvalue weighted by atomic mass is 9.79. The van der Waals surface area contributed by atoms with Crippen molar-refractivity contribution in [1.29, 1.82) is 0 Å². The fourth-order valence-corrected chi connectivity index (χ4v) is 2.19. The van der Waals surface area contributed by atoms with Gasteiger partial charge in [0.05, 0.1) is 0 Å². The molecule has 1 aliphatic carbocycles. The monoisotopic (exact) mass is 225 g/mol. The smallest absolute Gasteiger partial charge is 0.134 e. The lowest BCUT2D eigenvalue weighted by Gasteiger charge is -2.28. The standard InChI is InChI=1S/C12H15NO.ClH/c1-8(14)11-6-9-4-2-3-5-10(9)7-12(11)13;/h2-5,11-12H,6-7,13H2,1H3;1H. The van der Waals surface area contributed by atoms with Gasteiger partial charge in [0.1, 0.15) is 5.78 Å². The number of ketones is 1. The average molecular weight is 226 g/mol. The third-order valence-corrected chi connectivity index (χ3v) is 3.05. The molecule has 0 saturated heterocycles. The Labute approximate surface area is 96.3 Å². The first kappa shape index (κ1) is 12.2. The predicted molar refractivity (Wildman–Crippen MR) is 63.2 cm³/mol. The Kier molecular flexibility index (Phi) is 3.89. The van der Waals surface area contributed by atoms with E-state index in [0.29, 0.717) is 0 Å². The van der Waals surface area contributed by atoms with Crippen LogP contribution in [0.15, 0.2) is 24.3 Å². The van der Waals surface area contributed by atoms with Gasteiger partial charge in [-0.15, -0.1) is 12.4 Å². The van der Waals surface area contributed by atoms with E-state index in [9.17, 15) is 4.79 Å². The minimum Gasteiger partial charge on any atom is -0.327 e. The second kappa shape index (κ2) is 4.77. The molecule has 0 spiro atoms. The molecule has 2 N–H and O–H groups in total. The molecule has 0 radical (unpaired) electrons. The van der Waals surface area contributed by atoms with Gasteiger partial charge in [-0.3, -0.25) is 4.79 Å². The van der Waals surface area contributed by atoms with E-state index >= 15 is 0 Å². The number of carbonyl (C=O) groups excluding carboxylic acids is 1. The van der Waals surface area contributed by atoms with Gasteiger partial charge >= 0.3 is 0 Å². The van der Waals surface area contributed by atoms with E-state index in [0.717, 1.165) is 12.8 Å². The first-order valence-electron chi connectivity index (χ1n) is 5.01. The highest BCUT2D eigenvalue weighted by Crippen LogP contribution is 2.25. The van der Waals surface area contributed by atoms with E-state index in [4.69, 9.17) is 5.73 Å². The van der Waals surface area contributed by atoms with Crippen molar-refractivity contribution >= 4 is 18.2 Å². The maximum absolute atomic E-state index is 11.3. The quantitative estimate of drug-likeness (QED) is 0.791. The average Bonchev–Trinajstić information content (AvgIpc) is 2.16. The summed E-state index contributed by atoms with van der Waals surface area (Å²) in [5.74, 6) is 0.233. The molecule has 0 amide bonds. The molecule has 0 fully saturated rings. The van der Waals surface area contributed by atoms with Crippen LogP contribution < -0.4 is 5.73 Å². The van der Waals surface area contributed by atoms with E-state index in [1.54, 1.807) is 6.92 Å². The molecule has 2 rings (SSSR count). The molecule has 0 aliphatic heterocycles. The summed E-state index contributed by atoms with van der Waals surface area (Å²) in [6, 6.07) is 8.25. The number of nitrogens with two attached hydrogens (primary N) is 1. The van der Waals surface area contributed by atoms with Crippen LogP contribution >= 0.6 is 12.4 Å². The highest BCUT2D eigenvalue weighted by molar-refractivity contribution is 5.85. The van der Waals surface area contributed by atoms with Crippen LogP contribution in [0.1, 0.15) is 18.1 Å². The third kappa shape index (κ3) is 2.39. The summed E-state index contributed by atoms with van der Waals surface area (Å²) >= 11 is 0. The van der Waals surface area contributed by atoms with Crippen LogP contribution in [0.3, 0.4) is 0 Å². The Hall–Kier alpha value is -0.860. The Balaban J connectivity index is 0.00000112. The number of carbonyl (C=O) groups is 1. The summed E-state index contributed by atoms with van der Waals surface area (Å²) in [5, 5.41) is 0. The summed E-state index contributed by atoms with van der Waals surface area (Å²) in [4.78, 5) is 11.3. The number of fused-ring (bicyclic) bond motifs is 1. The molecule has 3 heteroatoms. The molecule has 2 atom stereocenters. The van der Waals surface area contributed by atoms with Gasteiger partial charge < -0.3 is 5.73 Å². The maximum atomic E-state index is 11.3. The Morgan fingerprint density at radius 2 is 1.80 bits per heavy atom. The van der Waals surface area contributed by atoms with E-state index in [1.165, 1.54) is 11.1 Å². The minimum absolute atomic E-state index is 0. The molecule has 2 nitrogen and oxygen atoms in total. The van der Waals surface area contributed by atoms with E-state index < -0.39 is 0 Å². The first-order chi connectivity index (χ1) is 6.68. The topological polar surface area (TPSA) is 43.1 Å². The van der Waals surface area contributed by atoms with Crippen molar-refractivity contribution in [3.63, 3.8) is 0 Å². The Morgan fingerprint density at radius 1 is 1.27 bits per heavy atom. The van der Waals surface area contributed by atoms with Gasteiger partial charge in [-0.05, 0) is 30.9 Å². The van der Waals surface area contributed by atoms with E-state index in [1.807, 2.05) is 12.1 Å². The van der Waals surface area contributed by atoms with Crippen molar-refractivity contribution in [2.75, 3.05) is 0 Å². The summed E-state index contributed by atoms with van der Waals surface area (Å²) in [7, 11) is 0.